The molecule has 23 heavy (non-hydrogen) atoms. The van der Waals surface area contributed by atoms with E-state index in [1.165, 1.54) is 0 Å². The zero-order chi connectivity index (χ0) is 17.2. The number of ether oxygens (including phenoxy) is 1. The minimum Gasteiger partial charge on any atom is -0.496 e. The summed E-state index contributed by atoms with van der Waals surface area (Å²) >= 11 is 0. The maximum Gasteiger partial charge on any atom is 0.241 e. The Labute approximate surface area is 139 Å². The molecule has 5 nitrogen and oxygen atoms in total. The van der Waals surface area contributed by atoms with E-state index in [2.05, 4.69) is 17.0 Å². The highest BCUT2D eigenvalue weighted by atomic mass is 32.2. The minimum atomic E-state index is -3.54. The van der Waals surface area contributed by atoms with Crippen molar-refractivity contribution < 1.29 is 13.2 Å². The van der Waals surface area contributed by atoms with Gasteiger partial charge in [-0.1, -0.05) is 20.8 Å². The Kier molecular flexibility index (Phi) is 5.70. The Bertz CT molecular complexity index is 656. The van der Waals surface area contributed by atoms with Gasteiger partial charge < -0.3 is 10.1 Å². The third-order valence-electron chi connectivity index (χ3n) is 4.53. The van der Waals surface area contributed by atoms with Crippen LogP contribution in [0.5, 0.6) is 5.75 Å². The molecule has 0 radical (unpaired) electrons. The van der Waals surface area contributed by atoms with Crippen molar-refractivity contribution in [1.29, 1.82) is 0 Å². The van der Waals surface area contributed by atoms with E-state index in [1.807, 2.05) is 26.8 Å². The lowest BCUT2D eigenvalue weighted by molar-refractivity contribution is 0.328. The van der Waals surface area contributed by atoms with Crippen molar-refractivity contribution in [1.82, 2.24) is 10.0 Å². The van der Waals surface area contributed by atoms with Gasteiger partial charge in [-0.25, -0.2) is 13.1 Å². The van der Waals surface area contributed by atoms with Crippen molar-refractivity contribution in [2.75, 3.05) is 20.2 Å². The van der Waals surface area contributed by atoms with E-state index >= 15 is 0 Å². The second-order valence-corrected chi connectivity index (χ2v) is 8.39. The van der Waals surface area contributed by atoms with Gasteiger partial charge in [-0.2, -0.15) is 0 Å². The number of nitrogens with one attached hydrogen (secondary N) is 2. The molecule has 0 aliphatic carbocycles. The highest BCUT2D eigenvalue weighted by Gasteiger charge is 2.28. The van der Waals surface area contributed by atoms with E-state index in [0.717, 1.165) is 30.8 Å². The van der Waals surface area contributed by atoms with Gasteiger partial charge in [0.25, 0.3) is 0 Å². The zero-order valence-electron chi connectivity index (χ0n) is 14.6. The number of sulfonamides is 1. The van der Waals surface area contributed by atoms with Crippen LogP contribution < -0.4 is 14.8 Å². The van der Waals surface area contributed by atoms with Crippen molar-refractivity contribution in [2.45, 2.75) is 51.0 Å². The fourth-order valence-corrected chi connectivity index (χ4v) is 4.69. The van der Waals surface area contributed by atoms with Crippen LogP contribution in [0.25, 0.3) is 0 Å². The van der Waals surface area contributed by atoms with Gasteiger partial charge in [-0.15, -0.1) is 0 Å². The Balaban J connectivity index is 2.37. The minimum absolute atomic E-state index is 0.0229. The molecule has 1 heterocycles. The molecule has 0 amide bonds. The normalized spacial score (nSPS) is 22.3. The monoisotopic (exact) mass is 340 g/mol. The Morgan fingerprint density at radius 1 is 1.35 bits per heavy atom. The van der Waals surface area contributed by atoms with Crippen molar-refractivity contribution in [3.8, 4) is 5.75 Å². The summed E-state index contributed by atoms with van der Waals surface area (Å²) in [7, 11) is -1.92. The molecular weight excluding hydrogens is 312 g/mol. The number of methoxy groups -OCH3 is 1. The number of benzene rings is 1. The Hall–Kier alpha value is -1.11. The molecule has 130 valence electrons. The molecule has 0 bridgehead atoms. The number of piperidine rings is 1. The fraction of sp³-hybridized carbons (Fsp3) is 0.647. The Morgan fingerprint density at radius 3 is 2.61 bits per heavy atom. The number of hydrogen-bond acceptors (Lipinski definition) is 4. The summed E-state index contributed by atoms with van der Waals surface area (Å²) in [6.45, 7) is 9.63. The molecule has 1 fully saturated rings. The fourth-order valence-electron chi connectivity index (χ4n) is 3.05. The summed E-state index contributed by atoms with van der Waals surface area (Å²) in [6, 6.07) is 3.55. The third-order valence-corrected chi connectivity index (χ3v) is 6.16. The average molecular weight is 340 g/mol. The van der Waals surface area contributed by atoms with Crippen LogP contribution in [0.15, 0.2) is 17.0 Å². The number of aryl methyl sites for hydroxylation is 1. The van der Waals surface area contributed by atoms with Crippen molar-refractivity contribution in [3.63, 3.8) is 0 Å². The van der Waals surface area contributed by atoms with E-state index in [4.69, 9.17) is 4.74 Å². The van der Waals surface area contributed by atoms with Crippen LogP contribution in [0.3, 0.4) is 0 Å². The van der Waals surface area contributed by atoms with E-state index in [0.29, 0.717) is 10.5 Å². The zero-order valence-corrected chi connectivity index (χ0v) is 15.5. The van der Waals surface area contributed by atoms with Gasteiger partial charge in [-0.05, 0) is 61.5 Å². The molecule has 1 aromatic rings. The van der Waals surface area contributed by atoms with E-state index in [9.17, 15) is 8.42 Å². The molecule has 2 N–H and O–H groups in total. The molecule has 1 saturated heterocycles. The van der Waals surface area contributed by atoms with Gasteiger partial charge in [0.15, 0.2) is 0 Å². The van der Waals surface area contributed by atoms with E-state index < -0.39 is 10.0 Å². The molecule has 2 rings (SSSR count). The summed E-state index contributed by atoms with van der Waals surface area (Å²) < 4.78 is 34.0. The van der Waals surface area contributed by atoms with Gasteiger partial charge in [0.05, 0.1) is 12.0 Å². The van der Waals surface area contributed by atoms with Gasteiger partial charge in [0.2, 0.25) is 10.0 Å². The van der Waals surface area contributed by atoms with Gasteiger partial charge in [-0.3, -0.25) is 0 Å². The number of rotatable bonds is 5. The smallest absolute Gasteiger partial charge is 0.241 e. The molecule has 2 atom stereocenters. The summed E-state index contributed by atoms with van der Waals surface area (Å²) in [5, 5.41) is 3.29. The first-order valence-electron chi connectivity index (χ1n) is 8.17. The average Bonchev–Trinajstić information content (AvgIpc) is 2.48. The highest BCUT2D eigenvalue weighted by molar-refractivity contribution is 7.89. The molecule has 0 spiro atoms. The van der Waals surface area contributed by atoms with Crippen LogP contribution in [0.2, 0.25) is 0 Å². The second-order valence-electron chi connectivity index (χ2n) is 6.71. The second kappa shape index (κ2) is 7.20. The SMILES string of the molecule is COc1cc(C)c(S(=O)(=O)NC2CCNCC2C)cc1C(C)C. The lowest BCUT2D eigenvalue weighted by Gasteiger charge is -2.30. The molecule has 0 aromatic heterocycles. The first-order valence-corrected chi connectivity index (χ1v) is 9.66. The van der Waals surface area contributed by atoms with Crippen LogP contribution >= 0.6 is 0 Å². The quantitative estimate of drug-likeness (QED) is 0.864. The molecule has 1 aliphatic rings. The first-order chi connectivity index (χ1) is 10.8. The lowest BCUT2D eigenvalue weighted by Crippen LogP contribution is -2.48. The summed E-state index contributed by atoms with van der Waals surface area (Å²) in [5.74, 6) is 1.21. The standard InChI is InChI=1S/C17H28N2O3S/c1-11(2)14-9-17(12(3)8-16(14)22-5)23(20,21)19-15-6-7-18-10-13(15)4/h8-9,11,13,15,18-19H,6-7,10H2,1-5H3. The largest absolute Gasteiger partial charge is 0.496 e. The topological polar surface area (TPSA) is 67.4 Å². The van der Waals surface area contributed by atoms with Gasteiger partial charge >= 0.3 is 0 Å². The van der Waals surface area contributed by atoms with Gasteiger partial charge in [0.1, 0.15) is 5.75 Å². The van der Waals surface area contributed by atoms with Crippen molar-refractivity contribution in [2.24, 2.45) is 5.92 Å². The predicted octanol–water partition coefficient (Wildman–Crippen LogP) is 2.40. The van der Waals surface area contributed by atoms with Crippen LogP contribution in [0, 0.1) is 12.8 Å². The molecule has 1 aliphatic heterocycles. The summed E-state index contributed by atoms with van der Waals surface area (Å²) in [4.78, 5) is 0.354. The Morgan fingerprint density at radius 2 is 2.04 bits per heavy atom. The summed E-state index contributed by atoms with van der Waals surface area (Å²) in [6.07, 6.45) is 0.812. The number of hydrogen-bond donors (Lipinski definition) is 2. The maximum absolute atomic E-state index is 12.9. The third kappa shape index (κ3) is 4.05. The van der Waals surface area contributed by atoms with Crippen LogP contribution in [0.1, 0.15) is 44.2 Å². The molecule has 0 saturated carbocycles. The van der Waals surface area contributed by atoms with Crippen LogP contribution in [-0.2, 0) is 10.0 Å². The molecule has 2 unspecified atom stereocenters. The predicted molar refractivity (Wildman–Crippen MR) is 92.6 cm³/mol. The van der Waals surface area contributed by atoms with E-state index in [1.54, 1.807) is 13.2 Å². The summed E-state index contributed by atoms with van der Waals surface area (Å²) in [5.41, 5.74) is 1.62. The first kappa shape index (κ1) is 18.2. The molecule has 1 aromatic carbocycles. The van der Waals surface area contributed by atoms with E-state index in [-0.39, 0.29) is 17.9 Å². The highest BCUT2D eigenvalue weighted by Crippen LogP contribution is 2.31. The van der Waals surface area contributed by atoms with Crippen molar-refractivity contribution >= 4 is 10.0 Å². The van der Waals surface area contributed by atoms with Crippen LogP contribution in [0.4, 0.5) is 0 Å². The molecular formula is C17H28N2O3S. The van der Waals surface area contributed by atoms with Crippen LogP contribution in [-0.4, -0.2) is 34.7 Å². The maximum atomic E-state index is 12.9. The van der Waals surface area contributed by atoms with Crippen molar-refractivity contribution in [3.05, 3.63) is 23.3 Å². The van der Waals surface area contributed by atoms with Gasteiger partial charge in [0, 0.05) is 6.04 Å². The molecule has 6 heteroatoms. The lowest BCUT2D eigenvalue weighted by atomic mass is 9.97.